The van der Waals surface area contributed by atoms with E-state index in [-0.39, 0.29) is 11.6 Å². The highest BCUT2D eigenvalue weighted by Crippen LogP contribution is 2.22. The third-order valence-corrected chi connectivity index (χ3v) is 2.68. The van der Waals surface area contributed by atoms with E-state index in [4.69, 9.17) is 23.2 Å². The molecule has 2 aromatic rings. The zero-order valence-electron chi connectivity index (χ0n) is 9.95. The van der Waals surface area contributed by atoms with Crippen LogP contribution in [0.25, 0.3) is 0 Å². The van der Waals surface area contributed by atoms with Gasteiger partial charge in [-0.2, -0.15) is 0 Å². The Morgan fingerprint density at radius 3 is 2.47 bits per heavy atom. The van der Waals surface area contributed by atoms with E-state index < -0.39 is 0 Å². The molecule has 0 radical (unpaired) electrons. The molecule has 0 bridgehead atoms. The number of benzene rings is 1. The summed E-state index contributed by atoms with van der Waals surface area (Å²) in [5.41, 5.74) is 0.696. The van der Waals surface area contributed by atoms with Gasteiger partial charge < -0.3 is 10.6 Å². The molecule has 1 aromatic heterocycles. The number of hydrogen-bond acceptors (Lipinski definition) is 4. The Morgan fingerprint density at radius 1 is 1.16 bits per heavy atom. The minimum atomic E-state index is -0.386. The smallest absolute Gasteiger partial charge is 0.275 e. The SMILES string of the molecule is CNc1cncc(C(=O)Nc2cc(Cl)cc(Cl)c2)n1. The van der Waals surface area contributed by atoms with Crippen LogP contribution in [0.15, 0.2) is 30.6 Å². The number of anilines is 2. The number of carbonyl (C=O) groups is 1. The maximum atomic E-state index is 12.0. The van der Waals surface area contributed by atoms with Crippen LogP contribution in [0.2, 0.25) is 10.0 Å². The minimum absolute atomic E-state index is 0.197. The highest BCUT2D eigenvalue weighted by Gasteiger charge is 2.09. The Hall–Kier alpha value is -1.85. The second-order valence-electron chi connectivity index (χ2n) is 3.65. The van der Waals surface area contributed by atoms with Crippen LogP contribution in [0.5, 0.6) is 0 Å². The number of aromatic nitrogens is 2. The van der Waals surface area contributed by atoms with Gasteiger partial charge in [0, 0.05) is 22.8 Å². The van der Waals surface area contributed by atoms with Crippen LogP contribution in [0.3, 0.4) is 0 Å². The standard InChI is InChI=1S/C12H10Cl2N4O/c1-15-11-6-16-5-10(18-11)12(19)17-9-3-7(13)2-8(14)4-9/h2-6H,1H3,(H,15,18)(H,17,19). The molecule has 2 N–H and O–H groups in total. The van der Waals surface area contributed by atoms with Crippen molar-refractivity contribution in [3.05, 3.63) is 46.3 Å². The quantitative estimate of drug-likeness (QED) is 0.913. The van der Waals surface area contributed by atoms with Crippen molar-refractivity contribution >= 4 is 40.6 Å². The monoisotopic (exact) mass is 296 g/mol. The average molecular weight is 297 g/mol. The Bertz CT molecular complexity index is 598. The Kier molecular flexibility index (Phi) is 4.19. The lowest BCUT2D eigenvalue weighted by Gasteiger charge is -2.06. The Morgan fingerprint density at radius 2 is 1.84 bits per heavy atom. The van der Waals surface area contributed by atoms with E-state index in [1.54, 1.807) is 25.2 Å². The summed E-state index contributed by atoms with van der Waals surface area (Å²) >= 11 is 11.7. The van der Waals surface area contributed by atoms with Crippen LogP contribution in [-0.2, 0) is 0 Å². The fourth-order valence-corrected chi connectivity index (χ4v) is 1.94. The molecule has 1 aromatic carbocycles. The molecule has 0 atom stereocenters. The number of nitrogens with zero attached hydrogens (tertiary/aromatic N) is 2. The molecule has 0 spiro atoms. The molecule has 1 heterocycles. The van der Waals surface area contributed by atoms with E-state index in [1.807, 2.05) is 0 Å². The van der Waals surface area contributed by atoms with Gasteiger partial charge in [0.2, 0.25) is 0 Å². The van der Waals surface area contributed by atoms with E-state index in [0.717, 1.165) is 0 Å². The van der Waals surface area contributed by atoms with Crippen molar-refractivity contribution in [2.45, 2.75) is 0 Å². The van der Waals surface area contributed by atoms with Crippen molar-refractivity contribution < 1.29 is 4.79 Å². The second-order valence-corrected chi connectivity index (χ2v) is 4.52. The molecule has 0 aliphatic heterocycles. The van der Waals surface area contributed by atoms with Gasteiger partial charge in [-0.05, 0) is 18.2 Å². The van der Waals surface area contributed by atoms with Gasteiger partial charge in [0.25, 0.3) is 5.91 Å². The summed E-state index contributed by atoms with van der Waals surface area (Å²) in [5, 5.41) is 6.35. The van der Waals surface area contributed by atoms with Gasteiger partial charge >= 0.3 is 0 Å². The zero-order chi connectivity index (χ0) is 13.8. The van der Waals surface area contributed by atoms with E-state index in [1.165, 1.54) is 12.4 Å². The summed E-state index contributed by atoms with van der Waals surface area (Å²) in [6.07, 6.45) is 2.90. The lowest BCUT2D eigenvalue weighted by molar-refractivity contribution is 0.102. The minimum Gasteiger partial charge on any atom is -0.372 e. The van der Waals surface area contributed by atoms with Gasteiger partial charge in [-0.3, -0.25) is 9.78 Å². The summed E-state index contributed by atoms with van der Waals surface area (Å²) in [4.78, 5) is 20.0. The normalized spacial score (nSPS) is 10.1. The molecule has 0 unspecified atom stereocenters. The molecule has 7 heteroatoms. The summed E-state index contributed by atoms with van der Waals surface area (Å²) in [7, 11) is 1.70. The van der Waals surface area contributed by atoms with Crippen LogP contribution >= 0.6 is 23.2 Å². The van der Waals surface area contributed by atoms with Crippen LogP contribution < -0.4 is 10.6 Å². The molecular weight excluding hydrogens is 287 g/mol. The van der Waals surface area contributed by atoms with Crippen molar-refractivity contribution in [2.75, 3.05) is 17.7 Å². The number of carbonyl (C=O) groups excluding carboxylic acids is 1. The molecule has 1 amide bonds. The molecular formula is C12H10Cl2N4O. The molecule has 19 heavy (non-hydrogen) atoms. The second kappa shape index (κ2) is 5.86. The largest absolute Gasteiger partial charge is 0.372 e. The van der Waals surface area contributed by atoms with Crippen molar-refractivity contribution in [2.24, 2.45) is 0 Å². The number of rotatable bonds is 3. The first-order valence-electron chi connectivity index (χ1n) is 5.36. The van der Waals surface area contributed by atoms with Crippen molar-refractivity contribution in [1.82, 2.24) is 9.97 Å². The van der Waals surface area contributed by atoms with Gasteiger partial charge in [0.05, 0.1) is 12.4 Å². The summed E-state index contributed by atoms with van der Waals surface area (Å²) < 4.78 is 0. The first-order chi connectivity index (χ1) is 9.08. The Balaban J connectivity index is 2.20. The van der Waals surface area contributed by atoms with Crippen molar-refractivity contribution in [3.63, 3.8) is 0 Å². The topological polar surface area (TPSA) is 66.9 Å². The predicted molar refractivity (Wildman–Crippen MR) is 76.0 cm³/mol. The maximum Gasteiger partial charge on any atom is 0.275 e. The average Bonchev–Trinajstić information content (AvgIpc) is 2.37. The number of halogens is 2. The number of hydrogen-bond donors (Lipinski definition) is 2. The summed E-state index contributed by atoms with van der Waals surface area (Å²) in [6, 6.07) is 4.78. The van der Waals surface area contributed by atoms with Gasteiger partial charge in [-0.25, -0.2) is 4.98 Å². The number of nitrogens with one attached hydrogen (secondary N) is 2. The highest BCUT2D eigenvalue weighted by molar-refractivity contribution is 6.35. The van der Waals surface area contributed by atoms with Crippen molar-refractivity contribution in [1.29, 1.82) is 0 Å². The molecule has 0 aliphatic carbocycles. The Labute approximate surface area is 120 Å². The molecule has 0 saturated carbocycles. The summed E-state index contributed by atoms with van der Waals surface area (Å²) in [6.45, 7) is 0. The molecule has 2 rings (SSSR count). The fraction of sp³-hybridized carbons (Fsp3) is 0.0833. The fourth-order valence-electron chi connectivity index (χ4n) is 1.42. The highest BCUT2D eigenvalue weighted by atomic mass is 35.5. The van der Waals surface area contributed by atoms with E-state index >= 15 is 0 Å². The van der Waals surface area contributed by atoms with Crippen molar-refractivity contribution in [3.8, 4) is 0 Å². The van der Waals surface area contributed by atoms with Crippen LogP contribution in [0.4, 0.5) is 11.5 Å². The molecule has 5 nitrogen and oxygen atoms in total. The first-order valence-corrected chi connectivity index (χ1v) is 6.11. The van der Waals surface area contributed by atoms with Crippen LogP contribution in [0, 0.1) is 0 Å². The molecule has 98 valence electrons. The molecule has 0 saturated heterocycles. The van der Waals surface area contributed by atoms with E-state index in [2.05, 4.69) is 20.6 Å². The van der Waals surface area contributed by atoms with Gasteiger partial charge in [-0.1, -0.05) is 23.2 Å². The van der Waals surface area contributed by atoms with Gasteiger partial charge in [0.15, 0.2) is 0 Å². The summed E-state index contributed by atoms with van der Waals surface area (Å²) in [5.74, 6) is 0.125. The lowest BCUT2D eigenvalue weighted by Crippen LogP contribution is -2.14. The van der Waals surface area contributed by atoms with Crippen LogP contribution in [0.1, 0.15) is 10.5 Å². The third kappa shape index (κ3) is 3.56. The molecule has 0 fully saturated rings. The zero-order valence-corrected chi connectivity index (χ0v) is 11.5. The number of amides is 1. The van der Waals surface area contributed by atoms with E-state index in [0.29, 0.717) is 21.6 Å². The van der Waals surface area contributed by atoms with Gasteiger partial charge in [-0.15, -0.1) is 0 Å². The van der Waals surface area contributed by atoms with E-state index in [9.17, 15) is 4.79 Å². The maximum absolute atomic E-state index is 12.0. The first kappa shape index (κ1) is 13.6. The lowest BCUT2D eigenvalue weighted by atomic mass is 10.3. The third-order valence-electron chi connectivity index (χ3n) is 2.24. The van der Waals surface area contributed by atoms with Crippen LogP contribution in [-0.4, -0.2) is 22.9 Å². The predicted octanol–water partition coefficient (Wildman–Crippen LogP) is 3.08. The molecule has 0 aliphatic rings. The van der Waals surface area contributed by atoms with Gasteiger partial charge in [0.1, 0.15) is 11.5 Å².